The van der Waals surface area contributed by atoms with Crippen LogP contribution in [0.5, 0.6) is 5.75 Å². The van der Waals surface area contributed by atoms with Crippen LogP contribution in [0.1, 0.15) is 18.9 Å². The molecule has 3 nitrogen and oxygen atoms in total. The van der Waals surface area contributed by atoms with E-state index >= 15 is 0 Å². The van der Waals surface area contributed by atoms with Crippen LogP contribution in [0.4, 0.5) is 0 Å². The molecule has 0 spiro atoms. The van der Waals surface area contributed by atoms with E-state index in [9.17, 15) is 5.11 Å². The third-order valence-corrected chi connectivity index (χ3v) is 2.89. The number of aliphatic hydroxyl groups excluding tert-OH is 1. The Morgan fingerprint density at radius 1 is 1.38 bits per heavy atom. The van der Waals surface area contributed by atoms with Crippen molar-refractivity contribution in [1.29, 1.82) is 0 Å². The van der Waals surface area contributed by atoms with E-state index in [1.54, 1.807) is 0 Å². The van der Waals surface area contributed by atoms with Crippen molar-refractivity contribution >= 4 is 0 Å². The molecular weight excluding hydrogens is 202 g/mol. The van der Waals surface area contributed by atoms with Gasteiger partial charge >= 0.3 is 0 Å². The average Bonchev–Trinajstić information content (AvgIpc) is 2.67. The van der Waals surface area contributed by atoms with Gasteiger partial charge in [0.1, 0.15) is 5.75 Å². The Morgan fingerprint density at radius 3 is 2.69 bits per heavy atom. The Bertz CT molecular complexity index is 323. The third kappa shape index (κ3) is 2.97. The molecule has 88 valence electrons. The Balaban J connectivity index is 1.89. The number of nitrogens with zero attached hydrogens (tertiary/aromatic N) is 1. The predicted octanol–water partition coefficient (Wildman–Crippen LogP) is 1.65. The number of benzene rings is 1. The minimum absolute atomic E-state index is 0.136. The van der Waals surface area contributed by atoms with Crippen molar-refractivity contribution in [3.8, 4) is 5.75 Å². The van der Waals surface area contributed by atoms with Gasteiger partial charge in [-0.1, -0.05) is 12.1 Å². The molecule has 1 atom stereocenters. The SMILES string of the molecule is CCOc1ccc(CN2CCC(O)C2)cc1. The maximum Gasteiger partial charge on any atom is 0.119 e. The van der Waals surface area contributed by atoms with Crippen LogP contribution in [-0.4, -0.2) is 35.8 Å². The van der Waals surface area contributed by atoms with Gasteiger partial charge in [-0.15, -0.1) is 0 Å². The molecule has 0 amide bonds. The average molecular weight is 221 g/mol. The molecule has 0 saturated carbocycles. The lowest BCUT2D eigenvalue weighted by Crippen LogP contribution is -2.21. The maximum absolute atomic E-state index is 9.43. The molecule has 1 aromatic rings. The van der Waals surface area contributed by atoms with Crippen LogP contribution in [0.3, 0.4) is 0 Å². The normalized spacial score (nSPS) is 21.2. The molecule has 1 aliphatic rings. The maximum atomic E-state index is 9.43. The van der Waals surface area contributed by atoms with E-state index in [1.807, 2.05) is 19.1 Å². The summed E-state index contributed by atoms with van der Waals surface area (Å²) in [6.45, 7) is 5.41. The van der Waals surface area contributed by atoms with Gasteiger partial charge in [-0.3, -0.25) is 4.90 Å². The minimum atomic E-state index is -0.136. The fraction of sp³-hybridized carbons (Fsp3) is 0.538. The first kappa shape index (κ1) is 11.4. The van der Waals surface area contributed by atoms with Crippen LogP contribution >= 0.6 is 0 Å². The summed E-state index contributed by atoms with van der Waals surface area (Å²) in [5, 5.41) is 9.43. The Morgan fingerprint density at radius 2 is 2.12 bits per heavy atom. The molecule has 1 unspecified atom stereocenters. The highest BCUT2D eigenvalue weighted by Crippen LogP contribution is 2.16. The molecule has 16 heavy (non-hydrogen) atoms. The van der Waals surface area contributed by atoms with Gasteiger partial charge in [-0.05, 0) is 31.0 Å². The lowest BCUT2D eigenvalue weighted by atomic mass is 10.2. The first-order chi connectivity index (χ1) is 7.78. The number of likely N-dealkylation sites (tertiary alicyclic amines) is 1. The van der Waals surface area contributed by atoms with Crippen molar-refractivity contribution in [2.45, 2.75) is 26.0 Å². The zero-order chi connectivity index (χ0) is 11.4. The number of aliphatic hydroxyl groups is 1. The number of hydrogen-bond acceptors (Lipinski definition) is 3. The molecule has 0 bridgehead atoms. The van der Waals surface area contributed by atoms with Crippen LogP contribution < -0.4 is 4.74 Å². The van der Waals surface area contributed by atoms with Gasteiger partial charge in [0.15, 0.2) is 0 Å². The number of β-amino-alcohol motifs (C(OH)–C–C–N with tert-alkyl or cyclic N) is 1. The highest BCUT2D eigenvalue weighted by atomic mass is 16.5. The summed E-state index contributed by atoms with van der Waals surface area (Å²) in [4.78, 5) is 2.28. The van der Waals surface area contributed by atoms with Crippen molar-refractivity contribution in [2.24, 2.45) is 0 Å². The summed E-state index contributed by atoms with van der Waals surface area (Å²) in [5.41, 5.74) is 1.28. The topological polar surface area (TPSA) is 32.7 Å². The highest BCUT2D eigenvalue weighted by molar-refractivity contribution is 5.27. The van der Waals surface area contributed by atoms with Crippen molar-refractivity contribution < 1.29 is 9.84 Å². The smallest absolute Gasteiger partial charge is 0.119 e. The second-order valence-electron chi connectivity index (χ2n) is 4.25. The summed E-state index contributed by atoms with van der Waals surface area (Å²) in [7, 11) is 0. The molecule has 1 heterocycles. The van der Waals surface area contributed by atoms with E-state index in [0.717, 1.165) is 31.8 Å². The van der Waals surface area contributed by atoms with E-state index in [1.165, 1.54) is 5.56 Å². The predicted molar refractivity (Wildman–Crippen MR) is 63.5 cm³/mol. The van der Waals surface area contributed by atoms with Gasteiger partial charge in [0, 0.05) is 19.6 Å². The fourth-order valence-electron chi connectivity index (χ4n) is 2.07. The molecule has 2 rings (SSSR count). The Labute approximate surface area is 96.6 Å². The summed E-state index contributed by atoms with van der Waals surface area (Å²) in [5.74, 6) is 0.924. The third-order valence-electron chi connectivity index (χ3n) is 2.89. The standard InChI is InChI=1S/C13H19NO2/c1-2-16-13-5-3-11(4-6-13)9-14-8-7-12(15)10-14/h3-6,12,15H,2,7-10H2,1H3. The number of ether oxygens (including phenoxy) is 1. The lowest BCUT2D eigenvalue weighted by Gasteiger charge is -2.15. The second kappa shape index (κ2) is 5.32. The first-order valence-corrected chi connectivity index (χ1v) is 5.90. The van der Waals surface area contributed by atoms with E-state index in [-0.39, 0.29) is 6.10 Å². The summed E-state index contributed by atoms with van der Waals surface area (Å²) >= 11 is 0. The van der Waals surface area contributed by atoms with Crippen LogP contribution in [0.2, 0.25) is 0 Å². The molecule has 1 aliphatic heterocycles. The van der Waals surface area contributed by atoms with Crippen LogP contribution in [0.25, 0.3) is 0 Å². The number of hydrogen-bond donors (Lipinski definition) is 1. The molecule has 1 fully saturated rings. The van der Waals surface area contributed by atoms with E-state index < -0.39 is 0 Å². The first-order valence-electron chi connectivity index (χ1n) is 5.90. The molecule has 3 heteroatoms. The fourth-order valence-corrected chi connectivity index (χ4v) is 2.07. The zero-order valence-electron chi connectivity index (χ0n) is 9.72. The number of rotatable bonds is 4. The molecule has 0 aromatic heterocycles. The largest absolute Gasteiger partial charge is 0.494 e. The van der Waals surface area contributed by atoms with E-state index in [0.29, 0.717) is 6.61 Å². The van der Waals surface area contributed by atoms with Crippen molar-refractivity contribution in [3.63, 3.8) is 0 Å². The lowest BCUT2D eigenvalue weighted by molar-refractivity contribution is 0.175. The van der Waals surface area contributed by atoms with Gasteiger partial charge in [-0.25, -0.2) is 0 Å². The summed E-state index contributed by atoms with van der Waals surface area (Å²) in [6, 6.07) is 8.20. The minimum Gasteiger partial charge on any atom is -0.494 e. The molecule has 0 aliphatic carbocycles. The molecule has 1 saturated heterocycles. The molecule has 1 aromatic carbocycles. The van der Waals surface area contributed by atoms with E-state index in [2.05, 4.69) is 17.0 Å². The summed E-state index contributed by atoms with van der Waals surface area (Å²) in [6.07, 6.45) is 0.763. The van der Waals surface area contributed by atoms with Gasteiger partial charge in [-0.2, -0.15) is 0 Å². The Kier molecular flexibility index (Phi) is 3.80. The zero-order valence-corrected chi connectivity index (χ0v) is 9.72. The van der Waals surface area contributed by atoms with Crippen LogP contribution in [0, 0.1) is 0 Å². The van der Waals surface area contributed by atoms with Crippen LogP contribution in [0.15, 0.2) is 24.3 Å². The van der Waals surface area contributed by atoms with Crippen molar-refractivity contribution in [2.75, 3.05) is 19.7 Å². The summed E-state index contributed by atoms with van der Waals surface area (Å²) < 4.78 is 5.39. The monoisotopic (exact) mass is 221 g/mol. The Hall–Kier alpha value is -1.06. The highest BCUT2D eigenvalue weighted by Gasteiger charge is 2.19. The quantitative estimate of drug-likeness (QED) is 0.839. The van der Waals surface area contributed by atoms with Gasteiger partial charge < -0.3 is 9.84 Å². The van der Waals surface area contributed by atoms with Crippen molar-refractivity contribution in [3.05, 3.63) is 29.8 Å². The molecule has 1 N–H and O–H groups in total. The van der Waals surface area contributed by atoms with Gasteiger partial charge in [0.25, 0.3) is 0 Å². The van der Waals surface area contributed by atoms with Gasteiger partial charge in [0.05, 0.1) is 12.7 Å². The molecular formula is C13H19NO2. The van der Waals surface area contributed by atoms with Gasteiger partial charge in [0.2, 0.25) is 0 Å². The second-order valence-corrected chi connectivity index (χ2v) is 4.25. The van der Waals surface area contributed by atoms with Crippen molar-refractivity contribution in [1.82, 2.24) is 4.90 Å². The van der Waals surface area contributed by atoms with E-state index in [4.69, 9.17) is 4.74 Å². The molecule has 0 radical (unpaired) electrons. The van der Waals surface area contributed by atoms with Crippen LogP contribution in [-0.2, 0) is 6.54 Å².